The summed E-state index contributed by atoms with van der Waals surface area (Å²) in [4.78, 5) is 12.5. The van der Waals surface area contributed by atoms with Crippen molar-refractivity contribution in [1.29, 1.82) is 0 Å². The van der Waals surface area contributed by atoms with Gasteiger partial charge in [0.1, 0.15) is 0 Å². The summed E-state index contributed by atoms with van der Waals surface area (Å²) in [6.07, 6.45) is 0.0598. The highest BCUT2D eigenvalue weighted by Gasteiger charge is 2.21. The monoisotopic (exact) mass is 288 g/mol. The summed E-state index contributed by atoms with van der Waals surface area (Å²) in [7, 11) is 0. The first-order valence-corrected chi connectivity index (χ1v) is 6.85. The third-order valence-electron chi connectivity index (χ3n) is 3.38. The summed E-state index contributed by atoms with van der Waals surface area (Å²) >= 11 is 0. The van der Waals surface area contributed by atoms with E-state index in [0.717, 1.165) is 17.7 Å². The van der Waals surface area contributed by atoms with Crippen LogP contribution in [0.4, 0.5) is 8.78 Å². The molecule has 2 aromatic rings. The van der Waals surface area contributed by atoms with Crippen LogP contribution in [0.25, 0.3) is 0 Å². The fourth-order valence-corrected chi connectivity index (χ4v) is 2.31. The van der Waals surface area contributed by atoms with Crippen molar-refractivity contribution in [2.75, 3.05) is 0 Å². The minimum atomic E-state index is -0.926. The van der Waals surface area contributed by atoms with Crippen molar-refractivity contribution in [2.45, 2.75) is 32.6 Å². The summed E-state index contributed by atoms with van der Waals surface area (Å²) in [5.74, 6) is -1.92. The van der Waals surface area contributed by atoms with Gasteiger partial charge in [0.2, 0.25) is 0 Å². The molecular weight excluding hydrogens is 270 g/mol. The van der Waals surface area contributed by atoms with Gasteiger partial charge in [-0.2, -0.15) is 0 Å². The van der Waals surface area contributed by atoms with Gasteiger partial charge >= 0.3 is 0 Å². The minimum absolute atomic E-state index is 0.0598. The van der Waals surface area contributed by atoms with Gasteiger partial charge in [0.05, 0.1) is 0 Å². The molecule has 0 N–H and O–H groups in total. The smallest absolute Gasteiger partial charge is 0.167 e. The summed E-state index contributed by atoms with van der Waals surface area (Å²) < 4.78 is 26.1. The van der Waals surface area contributed by atoms with E-state index in [2.05, 4.69) is 0 Å². The molecule has 0 aliphatic rings. The molecule has 0 aliphatic carbocycles. The number of halogens is 2. The third-order valence-corrected chi connectivity index (χ3v) is 3.38. The first-order chi connectivity index (χ1) is 9.79. The van der Waals surface area contributed by atoms with E-state index >= 15 is 0 Å². The lowest BCUT2D eigenvalue weighted by molar-refractivity contribution is 0.0990. The Kier molecular flexibility index (Phi) is 4.21. The summed E-state index contributed by atoms with van der Waals surface area (Å²) in [5.41, 5.74) is 1.91. The Morgan fingerprint density at radius 2 is 1.67 bits per heavy atom. The predicted octanol–water partition coefficient (Wildman–Crippen LogP) is 4.69. The second-order valence-corrected chi connectivity index (χ2v) is 6.14. The minimum Gasteiger partial charge on any atom is -0.294 e. The fourth-order valence-electron chi connectivity index (χ4n) is 2.31. The SMILES string of the molecule is CC(C)(C)c1ccccc1C(=O)Cc1ccc(F)c(F)c1. The summed E-state index contributed by atoms with van der Waals surface area (Å²) in [6.45, 7) is 6.12. The van der Waals surface area contributed by atoms with Crippen LogP contribution in [0.5, 0.6) is 0 Å². The molecule has 1 nitrogen and oxygen atoms in total. The number of hydrogen-bond donors (Lipinski definition) is 0. The number of carbonyl (C=O) groups is 1. The van der Waals surface area contributed by atoms with Gasteiger partial charge < -0.3 is 0 Å². The predicted molar refractivity (Wildman–Crippen MR) is 79.5 cm³/mol. The van der Waals surface area contributed by atoms with E-state index in [9.17, 15) is 13.6 Å². The van der Waals surface area contributed by atoms with Gasteiger partial charge in [-0.25, -0.2) is 8.78 Å². The Bertz CT molecular complexity index is 669. The first kappa shape index (κ1) is 15.4. The van der Waals surface area contributed by atoms with E-state index in [0.29, 0.717) is 11.1 Å². The van der Waals surface area contributed by atoms with Crippen LogP contribution in [0.1, 0.15) is 42.3 Å². The van der Waals surface area contributed by atoms with Crippen LogP contribution in [0.3, 0.4) is 0 Å². The van der Waals surface area contributed by atoms with E-state index < -0.39 is 11.6 Å². The van der Waals surface area contributed by atoms with Gasteiger partial charge in [-0.05, 0) is 28.7 Å². The second-order valence-electron chi connectivity index (χ2n) is 6.14. The van der Waals surface area contributed by atoms with Gasteiger partial charge in [0, 0.05) is 12.0 Å². The molecule has 0 aliphatic heterocycles. The van der Waals surface area contributed by atoms with Gasteiger partial charge in [0.25, 0.3) is 0 Å². The zero-order valence-corrected chi connectivity index (χ0v) is 12.4. The Morgan fingerprint density at radius 3 is 2.29 bits per heavy atom. The lowest BCUT2D eigenvalue weighted by Gasteiger charge is -2.22. The molecule has 0 saturated heterocycles. The normalized spacial score (nSPS) is 11.5. The quantitative estimate of drug-likeness (QED) is 0.749. The highest BCUT2D eigenvalue weighted by molar-refractivity contribution is 5.99. The number of carbonyl (C=O) groups excluding carboxylic acids is 1. The molecule has 2 aromatic carbocycles. The Morgan fingerprint density at radius 1 is 1.00 bits per heavy atom. The standard InChI is InChI=1S/C18H18F2O/c1-18(2,3)14-7-5-4-6-13(14)17(21)11-12-8-9-15(19)16(20)10-12/h4-10H,11H2,1-3H3. The van der Waals surface area contributed by atoms with Gasteiger partial charge in [-0.15, -0.1) is 0 Å². The molecule has 0 spiro atoms. The first-order valence-electron chi connectivity index (χ1n) is 6.85. The molecule has 110 valence electrons. The van der Waals surface area contributed by atoms with Crippen molar-refractivity contribution in [2.24, 2.45) is 0 Å². The molecule has 0 saturated carbocycles. The molecule has 0 atom stereocenters. The van der Waals surface area contributed by atoms with Crippen molar-refractivity contribution in [3.8, 4) is 0 Å². The molecular formula is C18H18F2O. The van der Waals surface area contributed by atoms with Gasteiger partial charge in [-0.1, -0.05) is 51.1 Å². The lowest BCUT2D eigenvalue weighted by atomic mass is 9.82. The Hall–Kier alpha value is -2.03. The van der Waals surface area contributed by atoms with Crippen LogP contribution in [0, 0.1) is 11.6 Å². The van der Waals surface area contributed by atoms with Crippen LogP contribution in [0.2, 0.25) is 0 Å². The zero-order chi connectivity index (χ0) is 15.6. The average Bonchev–Trinajstić information content (AvgIpc) is 2.42. The molecule has 0 heterocycles. The van der Waals surface area contributed by atoms with Crippen LogP contribution >= 0.6 is 0 Å². The molecule has 0 unspecified atom stereocenters. The largest absolute Gasteiger partial charge is 0.294 e. The molecule has 2 rings (SSSR count). The van der Waals surface area contributed by atoms with E-state index in [4.69, 9.17) is 0 Å². The lowest BCUT2D eigenvalue weighted by Crippen LogP contribution is -2.17. The maximum Gasteiger partial charge on any atom is 0.167 e. The molecule has 0 fully saturated rings. The second kappa shape index (κ2) is 5.76. The van der Waals surface area contributed by atoms with E-state index in [1.807, 2.05) is 39.0 Å². The van der Waals surface area contributed by atoms with E-state index in [-0.39, 0.29) is 17.6 Å². The van der Waals surface area contributed by atoms with Crippen molar-refractivity contribution >= 4 is 5.78 Å². The number of benzene rings is 2. The van der Waals surface area contributed by atoms with Gasteiger partial charge in [0.15, 0.2) is 17.4 Å². The average molecular weight is 288 g/mol. The fraction of sp³-hybridized carbons (Fsp3) is 0.278. The molecule has 3 heteroatoms. The molecule has 0 aromatic heterocycles. The Labute approximate surface area is 123 Å². The van der Waals surface area contributed by atoms with Crippen molar-refractivity contribution in [1.82, 2.24) is 0 Å². The van der Waals surface area contributed by atoms with Crippen molar-refractivity contribution in [3.05, 3.63) is 70.8 Å². The number of rotatable bonds is 3. The number of hydrogen-bond acceptors (Lipinski definition) is 1. The van der Waals surface area contributed by atoms with E-state index in [1.165, 1.54) is 6.07 Å². The molecule has 0 bridgehead atoms. The van der Waals surface area contributed by atoms with E-state index in [1.54, 1.807) is 6.07 Å². The molecule has 0 radical (unpaired) electrons. The van der Waals surface area contributed by atoms with Crippen LogP contribution in [-0.4, -0.2) is 5.78 Å². The number of ketones is 1. The highest BCUT2D eigenvalue weighted by Crippen LogP contribution is 2.26. The maximum absolute atomic E-state index is 13.2. The van der Waals surface area contributed by atoms with Crippen molar-refractivity contribution in [3.63, 3.8) is 0 Å². The number of Topliss-reactive ketones (excluding diaryl/α,β-unsaturated/α-hetero) is 1. The summed E-state index contributed by atoms with van der Waals surface area (Å²) in [5, 5.41) is 0. The zero-order valence-electron chi connectivity index (χ0n) is 12.4. The molecule has 0 amide bonds. The van der Waals surface area contributed by atoms with Gasteiger partial charge in [-0.3, -0.25) is 4.79 Å². The van der Waals surface area contributed by atoms with Crippen LogP contribution < -0.4 is 0 Å². The Balaban J connectivity index is 2.31. The third kappa shape index (κ3) is 3.54. The molecule has 21 heavy (non-hydrogen) atoms. The maximum atomic E-state index is 13.2. The topological polar surface area (TPSA) is 17.1 Å². The van der Waals surface area contributed by atoms with Crippen LogP contribution in [-0.2, 0) is 11.8 Å². The van der Waals surface area contributed by atoms with Crippen LogP contribution in [0.15, 0.2) is 42.5 Å². The summed E-state index contributed by atoms with van der Waals surface area (Å²) in [6, 6.07) is 11.0. The van der Waals surface area contributed by atoms with Crippen molar-refractivity contribution < 1.29 is 13.6 Å². The highest BCUT2D eigenvalue weighted by atomic mass is 19.2.